The van der Waals surface area contributed by atoms with Crippen LogP contribution in [-0.2, 0) is 37.6 Å². The number of benzene rings is 1. The summed E-state index contributed by atoms with van der Waals surface area (Å²) < 4.78 is 25.3. The first-order chi connectivity index (χ1) is 17.9. The monoisotopic (exact) mass is 505 g/mol. The fourth-order valence-electron chi connectivity index (χ4n) is 6.30. The van der Waals surface area contributed by atoms with Crippen molar-refractivity contribution in [3.8, 4) is 5.75 Å². The Kier molecular flexibility index (Phi) is 5.28. The van der Waals surface area contributed by atoms with Crippen molar-refractivity contribution >= 4 is 16.8 Å². The molecular weight excluding hydrogens is 474 g/mol. The number of rotatable bonds is 7. The molecule has 4 fully saturated rings. The van der Waals surface area contributed by atoms with Crippen LogP contribution >= 0.6 is 0 Å². The molecule has 10 heteroatoms. The smallest absolute Gasteiger partial charge is 0.251 e. The summed E-state index contributed by atoms with van der Waals surface area (Å²) in [5, 5.41) is 13.0. The summed E-state index contributed by atoms with van der Waals surface area (Å²) in [7, 11) is 0. The van der Waals surface area contributed by atoms with Crippen LogP contribution in [0, 0.1) is 0 Å². The number of amides is 1. The Morgan fingerprint density at radius 2 is 2.19 bits per heavy atom. The summed E-state index contributed by atoms with van der Waals surface area (Å²) in [5.74, 6) is 0.641. The molecule has 2 bridgehead atoms. The van der Waals surface area contributed by atoms with Gasteiger partial charge in [0, 0.05) is 37.6 Å². The van der Waals surface area contributed by atoms with Crippen LogP contribution in [0.25, 0.3) is 10.9 Å². The van der Waals surface area contributed by atoms with Crippen molar-refractivity contribution in [1.29, 1.82) is 0 Å². The third-order valence-corrected chi connectivity index (χ3v) is 8.28. The fraction of sp³-hybridized carbons (Fsp3) is 0.556. The summed E-state index contributed by atoms with van der Waals surface area (Å²) in [6.45, 7) is 6.60. The van der Waals surface area contributed by atoms with Gasteiger partial charge in [0.15, 0.2) is 6.10 Å². The van der Waals surface area contributed by atoms with Crippen molar-refractivity contribution in [2.45, 2.75) is 75.6 Å². The summed E-state index contributed by atoms with van der Waals surface area (Å²) in [6.07, 6.45) is 6.27. The zero-order valence-corrected chi connectivity index (χ0v) is 21.1. The number of pyridine rings is 1. The van der Waals surface area contributed by atoms with Crippen LogP contribution in [-0.4, -0.2) is 63.5 Å². The topological polar surface area (TPSA) is 110 Å². The standard InChI is InChI=1S/C27H31N5O5/c1-16(36-18-3-4-22-21(9-18)20-6-7-34-13-17(20)10-28-22)23-12-32(31-30-23)27-14-26(2,15-27)37-24(27)25(33)29-11-19-5-8-35-19/h3-4,9-10,12,16,19,24H,5-8,11,13-15H2,1-2H3,(H,29,33)/t16-,19?,24?,26?,27?/m1/s1. The summed E-state index contributed by atoms with van der Waals surface area (Å²) in [4.78, 5) is 17.6. The molecule has 3 atom stereocenters. The van der Waals surface area contributed by atoms with E-state index >= 15 is 0 Å². The van der Waals surface area contributed by atoms with Crippen LogP contribution in [0.15, 0.2) is 30.6 Å². The zero-order chi connectivity index (χ0) is 25.2. The van der Waals surface area contributed by atoms with Crippen LogP contribution in [0.5, 0.6) is 5.75 Å². The lowest BCUT2D eigenvalue weighted by Gasteiger charge is -2.42. The summed E-state index contributed by atoms with van der Waals surface area (Å²) in [6, 6.07) is 5.99. The largest absolute Gasteiger partial charge is 0.484 e. The lowest BCUT2D eigenvalue weighted by molar-refractivity contribution is -0.135. The predicted molar refractivity (Wildman–Crippen MR) is 132 cm³/mol. The van der Waals surface area contributed by atoms with Crippen LogP contribution in [0.1, 0.15) is 56.0 Å². The van der Waals surface area contributed by atoms with Gasteiger partial charge in [0.25, 0.3) is 5.91 Å². The average molecular weight is 506 g/mol. The van der Waals surface area contributed by atoms with E-state index in [0.29, 0.717) is 25.5 Å². The molecule has 37 heavy (non-hydrogen) atoms. The molecule has 5 aliphatic rings. The second-order valence-electron chi connectivity index (χ2n) is 11.0. The Hall–Kier alpha value is -3.08. The second kappa shape index (κ2) is 8.47. The molecule has 1 N–H and O–H groups in total. The van der Waals surface area contributed by atoms with Gasteiger partial charge in [-0.25, -0.2) is 4.68 Å². The first kappa shape index (κ1) is 23.1. The van der Waals surface area contributed by atoms with Crippen molar-refractivity contribution in [3.05, 3.63) is 47.4 Å². The highest BCUT2D eigenvalue weighted by Gasteiger charge is 2.69. The number of nitrogens with zero attached hydrogens (tertiary/aromatic N) is 4. The molecule has 3 saturated heterocycles. The first-order valence-corrected chi connectivity index (χ1v) is 13.1. The molecule has 10 nitrogen and oxygen atoms in total. The van der Waals surface area contributed by atoms with Gasteiger partial charge in [0.2, 0.25) is 0 Å². The molecule has 4 aliphatic heterocycles. The molecule has 1 aromatic carbocycles. The highest BCUT2D eigenvalue weighted by molar-refractivity contribution is 5.85. The molecule has 0 spiro atoms. The van der Waals surface area contributed by atoms with Crippen LogP contribution < -0.4 is 10.1 Å². The molecule has 2 aromatic heterocycles. The van der Waals surface area contributed by atoms with Gasteiger partial charge in [0.05, 0.1) is 36.6 Å². The maximum Gasteiger partial charge on any atom is 0.251 e. The minimum atomic E-state index is -0.605. The van der Waals surface area contributed by atoms with Gasteiger partial charge in [-0.1, -0.05) is 5.21 Å². The number of aromatic nitrogens is 4. The normalized spacial score (nSPS) is 30.8. The van der Waals surface area contributed by atoms with E-state index < -0.39 is 11.6 Å². The van der Waals surface area contributed by atoms with Crippen LogP contribution in [0.4, 0.5) is 0 Å². The molecule has 0 radical (unpaired) electrons. The number of ether oxygens (including phenoxy) is 4. The maximum atomic E-state index is 13.0. The minimum absolute atomic E-state index is 0.104. The van der Waals surface area contributed by atoms with Crippen molar-refractivity contribution in [1.82, 2.24) is 25.3 Å². The van der Waals surface area contributed by atoms with Crippen LogP contribution in [0.2, 0.25) is 0 Å². The number of hydrogen-bond acceptors (Lipinski definition) is 8. The van der Waals surface area contributed by atoms with Gasteiger partial charge in [0.1, 0.15) is 23.1 Å². The minimum Gasteiger partial charge on any atom is -0.484 e. The predicted octanol–water partition coefficient (Wildman–Crippen LogP) is 2.59. The first-order valence-electron chi connectivity index (χ1n) is 13.1. The molecule has 2 unspecified atom stereocenters. The van der Waals surface area contributed by atoms with Crippen molar-refractivity contribution in [2.24, 2.45) is 0 Å². The Bertz CT molecular complexity index is 1360. The average Bonchev–Trinajstić information content (AvgIpc) is 3.54. The van der Waals surface area contributed by atoms with Gasteiger partial charge in [-0.05, 0) is 56.0 Å². The van der Waals surface area contributed by atoms with E-state index in [1.165, 1.54) is 5.56 Å². The second-order valence-corrected chi connectivity index (χ2v) is 11.0. The van der Waals surface area contributed by atoms with Crippen molar-refractivity contribution in [3.63, 3.8) is 0 Å². The quantitative estimate of drug-likeness (QED) is 0.522. The number of hydrogen-bond donors (Lipinski definition) is 1. The van der Waals surface area contributed by atoms with Gasteiger partial charge >= 0.3 is 0 Å². The highest BCUT2D eigenvalue weighted by atomic mass is 16.5. The molecule has 194 valence electrons. The number of nitrogens with one attached hydrogen (secondary N) is 1. The molecule has 1 aliphatic carbocycles. The Morgan fingerprint density at radius 1 is 1.32 bits per heavy atom. The van der Waals surface area contributed by atoms with E-state index in [-0.39, 0.29) is 23.7 Å². The van der Waals surface area contributed by atoms with E-state index in [9.17, 15) is 4.79 Å². The lowest BCUT2D eigenvalue weighted by atomic mass is 9.67. The van der Waals surface area contributed by atoms with Gasteiger partial charge in [-0.2, -0.15) is 0 Å². The molecule has 1 amide bonds. The van der Waals surface area contributed by atoms with Gasteiger partial charge in [-0.15, -0.1) is 5.10 Å². The molecule has 3 aromatic rings. The van der Waals surface area contributed by atoms with E-state index in [1.807, 2.05) is 36.1 Å². The van der Waals surface area contributed by atoms with Crippen LogP contribution in [0.3, 0.4) is 0 Å². The molecule has 8 rings (SSSR count). The molecule has 6 heterocycles. The zero-order valence-electron chi connectivity index (χ0n) is 21.1. The Labute approximate surface area is 214 Å². The van der Waals surface area contributed by atoms with Crippen molar-refractivity contribution < 1.29 is 23.7 Å². The fourth-order valence-corrected chi connectivity index (χ4v) is 6.30. The van der Waals surface area contributed by atoms with E-state index in [4.69, 9.17) is 18.9 Å². The lowest BCUT2D eigenvalue weighted by Crippen LogP contribution is -2.55. The Morgan fingerprint density at radius 3 is 3.00 bits per heavy atom. The molecular formula is C27H31N5O5. The summed E-state index contributed by atoms with van der Waals surface area (Å²) >= 11 is 0. The summed E-state index contributed by atoms with van der Waals surface area (Å²) in [5.41, 5.74) is 3.23. The van der Waals surface area contributed by atoms with Crippen molar-refractivity contribution in [2.75, 3.05) is 19.8 Å². The number of carbonyl (C=O) groups excluding carboxylic acids is 1. The third-order valence-electron chi connectivity index (χ3n) is 8.28. The van der Waals surface area contributed by atoms with E-state index in [0.717, 1.165) is 54.5 Å². The van der Waals surface area contributed by atoms with Gasteiger partial charge < -0.3 is 24.3 Å². The van der Waals surface area contributed by atoms with Gasteiger partial charge in [-0.3, -0.25) is 9.78 Å². The Balaban J connectivity index is 1.09. The van der Waals surface area contributed by atoms with E-state index in [2.05, 4.69) is 33.6 Å². The van der Waals surface area contributed by atoms with E-state index in [1.54, 1.807) is 0 Å². The third kappa shape index (κ3) is 3.81. The number of fused-ring (bicyclic) bond motifs is 4. The highest BCUT2D eigenvalue weighted by Crippen LogP contribution is 2.59. The number of carbonyl (C=O) groups is 1. The molecule has 1 saturated carbocycles. The SMILES string of the molecule is C[C@@H](Oc1ccc2ncc3c(c2c1)CCOC3)c1cn(C23CC(C)(C2)OC3C(=O)NCC2CCO2)nn1. The maximum absolute atomic E-state index is 13.0.